The molecule has 4 aromatic rings. The van der Waals surface area contributed by atoms with Crippen LogP contribution in [0.25, 0.3) is 0 Å². The Morgan fingerprint density at radius 1 is 0.618 bits per heavy atom. The standard InChI is InChI=1S/C23H30N4O.C22H30N4O/c1-17(2)20-7-5-19(6-8-20)14-22(28)27-13-11-23(16-27)10-12-26(15-23)21-9-4-18(3)24-25-21;1-15(2)20-9-7-19(8-10-20)12-22(27)26-17(4)13-25(14-18(26)5)21-11-6-16(3)23-24-21/h4-9,17H,10-16H2,1-3H3;6-11,15,17-18H,12-14H2,1-5H3/t;17-,18+. The van der Waals surface area contributed by atoms with Gasteiger partial charge >= 0.3 is 0 Å². The molecule has 0 N–H and O–H groups in total. The molecule has 2 aromatic heterocycles. The summed E-state index contributed by atoms with van der Waals surface area (Å²) < 4.78 is 0. The number of carbonyl (C=O) groups is 2. The van der Waals surface area contributed by atoms with E-state index in [1.165, 1.54) is 11.1 Å². The van der Waals surface area contributed by atoms with Crippen LogP contribution >= 0.6 is 0 Å². The first-order valence-electron chi connectivity index (χ1n) is 20.2. The van der Waals surface area contributed by atoms with Crippen LogP contribution in [-0.2, 0) is 22.4 Å². The molecule has 0 bridgehead atoms. The molecule has 3 aliphatic heterocycles. The Bertz CT molecular complexity index is 1870. The highest BCUT2D eigenvalue weighted by Crippen LogP contribution is 2.41. The van der Waals surface area contributed by atoms with Crippen molar-refractivity contribution in [1.82, 2.24) is 30.2 Å². The maximum absolute atomic E-state index is 13.0. The van der Waals surface area contributed by atoms with Crippen LogP contribution < -0.4 is 9.80 Å². The van der Waals surface area contributed by atoms with Gasteiger partial charge in [-0.3, -0.25) is 9.59 Å². The van der Waals surface area contributed by atoms with Crippen LogP contribution in [0.15, 0.2) is 72.8 Å². The van der Waals surface area contributed by atoms with E-state index in [2.05, 4.69) is 131 Å². The first-order valence-corrected chi connectivity index (χ1v) is 20.2. The molecule has 10 heteroatoms. The number of hydrogen-bond donors (Lipinski definition) is 0. The molecule has 3 fully saturated rings. The van der Waals surface area contributed by atoms with Gasteiger partial charge in [-0.2, -0.15) is 10.2 Å². The summed E-state index contributed by atoms with van der Waals surface area (Å²) in [6, 6.07) is 25.3. The van der Waals surface area contributed by atoms with Gasteiger partial charge in [-0.25, -0.2) is 0 Å². The van der Waals surface area contributed by atoms with E-state index >= 15 is 0 Å². The van der Waals surface area contributed by atoms with Crippen LogP contribution in [0.5, 0.6) is 0 Å². The zero-order chi connectivity index (χ0) is 39.3. The van der Waals surface area contributed by atoms with Crippen molar-refractivity contribution in [3.63, 3.8) is 0 Å². The summed E-state index contributed by atoms with van der Waals surface area (Å²) in [6.07, 6.45) is 3.16. The van der Waals surface area contributed by atoms with Crippen molar-refractivity contribution < 1.29 is 9.59 Å². The number of amides is 2. The second kappa shape index (κ2) is 17.3. The maximum Gasteiger partial charge on any atom is 0.227 e. The van der Waals surface area contributed by atoms with Gasteiger partial charge in [-0.15, -0.1) is 10.2 Å². The number of anilines is 2. The fourth-order valence-electron chi connectivity index (χ4n) is 8.33. The van der Waals surface area contributed by atoms with Crippen LogP contribution in [0.2, 0.25) is 0 Å². The lowest BCUT2D eigenvalue weighted by Crippen LogP contribution is -2.59. The van der Waals surface area contributed by atoms with Crippen LogP contribution in [0.1, 0.15) is 99.9 Å². The van der Waals surface area contributed by atoms with Gasteiger partial charge in [0, 0.05) is 56.8 Å². The minimum Gasteiger partial charge on any atom is -0.354 e. The topological polar surface area (TPSA) is 98.7 Å². The first kappa shape index (κ1) is 39.8. The summed E-state index contributed by atoms with van der Waals surface area (Å²) >= 11 is 0. The monoisotopic (exact) mass is 744 g/mol. The molecule has 7 rings (SSSR count). The van der Waals surface area contributed by atoms with Crippen LogP contribution in [0.3, 0.4) is 0 Å². The molecule has 5 heterocycles. The highest BCUT2D eigenvalue weighted by Gasteiger charge is 2.45. The van der Waals surface area contributed by atoms with Crippen molar-refractivity contribution in [2.75, 3.05) is 49.1 Å². The zero-order valence-corrected chi connectivity index (χ0v) is 34.2. The Balaban J connectivity index is 0.000000187. The summed E-state index contributed by atoms with van der Waals surface area (Å²) in [4.78, 5) is 34.5. The number of benzene rings is 2. The number of aryl methyl sites for hydroxylation is 2. The maximum atomic E-state index is 13.0. The molecule has 292 valence electrons. The number of carbonyl (C=O) groups excluding carboxylic acids is 2. The fourth-order valence-corrected chi connectivity index (χ4v) is 8.33. The van der Waals surface area contributed by atoms with Gasteiger partial charge in [0.25, 0.3) is 0 Å². The number of aromatic nitrogens is 4. The average Bonchev–Trinajstić information content (AvgIpc) is 3.79. The van der Waals surface area contributed by atoms with E-state index in [4.69, 9.17) is 0 Å². The van der Waals surface area contributed by atoms with E-state index in [1.54, 1.807) is 0 Å². The van der Waals surface area contributed by atoms with Gasteiger partial charge in [0.05, 0.1) is 24.2 Å². The molecule has 3 saturated heterocycles. The van der Waals surface area contributed by atoms with Crippen molar-refractivity contribution in [1.29, 1.82) is 0 Å². The van der Waals surface area contributed by atoms with Gasteiger partial charge in [0.1, 0.15) is 0 Å². The van der Waals surface area contributed by atoms with Crippen molar-refractivity contribution in [2.24, 2.45) is 5.41 Å². The Kier molecular flexibility index (Phi) is 12.5. The number of rotatable bonds is 8. The van der Waals surface area contributed by atoms with E-state index in [0.717, 1.165) is 86.3 Å². The van der Waals surface area contributed by atoms with Crippen molar-refractivity contribution >= 4 is 23.5 Å². The molecule has 3 atom stereocenters. The molecule has 1 unspecified atom stereocenters. The van der Waals surface area contributed by atoms with Crippen LogP contribution in [-0.4, -0.2) is 93.4 Å². The van der Waals surface area contributed by atoms with Gasteiger partial charge in [-0.05, 0) is 98.9 Å². The summed E-state index contributed by atoms with van der Waals surface area (Å²) in [5.41, 5.74) is 6.88. The normalized spacial score (nSPS) is 21.1. The third kappa shape index (κ3) is 9.88. The highest BCUT2D eigenvalue weighted by atomic mass is 16.2. The number of hydrogen-bond acceptors (Lipinski definition) is 8. The molecule has 3 aliphatic rings. The second-order valence-corrected chi connectivity index (χ2v) is 16.9. The molecule has 0 aliphatic carbocycles. The molecular formula is C45H60N8O2. The SMILES string of the molecule is Cc1ccc(N2CCC3(CCN(C(=O)Cc4ccc(C(C)C)cc4)C3)C2)nn1.Cc1ccc(N2C[C@@H](C)N(C(=O)Cc3ccc(C(C)C)cc3)[C@@H](C)C2)nn1. The largest absolute Gasteiger partial charge is 0.354 e. The molecule has 2 aromatic carbocycles. The molecule has 0 radical (unpaired) electrons. The predicted molar refractivity (Wildman–Crippen MR) is 220 cm³/mol. The first-order chi connectivity index (χ1) is 26.3. The van der Waals surface area contributed by atoms with E-state index < -0.39 is 0 Å². The van der Waals surface area contributed by atoms with Crippen molar-refractivity contribution in [3.8, 4) is 0 Å². The van der Waals surface area contributed by atoms with Crippen LogP contribution in [0.4, 0.5) is 11.6 Å². The smallest absolute Gasteiger partial charge is 0.227 e. The van der Waals surface area contributed by atoms with Crippen LogP contribution in [0, 0.1) is 19.3 Å². The molecule has 10 nitrogen and oxygen atoms in total. The Hall–Kier alpha value is -4.86. The lowest BCUT2D eigenvalue weighted by molar-refractivity contribution is -0.135. The fraction of sp³-hybridized carbons (Fsp3) is 0.511. The van der Waals surface area contributed by atoms with E-state index in [9.17, 15) is 9.59 Å². The zero-order valence-electron chi connectivity index (χ0n) is 34.2. The number of piperazine rings is 1. The van der Waals surface area contributed by atoms with Crippen molar-refractivity contribution in [2.45, 2.75) is 105 Å². The molecular weight excluding hydrogens is 685 g/mol. The van der Waals surface area contributed by atoms with E-state index in [1.807, 2.05) is 36.9 Å². The minimum absolute atomic E-state index is 0.138. The summed E-state index contributed by atoms with van der Waals surface area (Å²) in [5.74, 6) is 3.32. The minimum atomic E-state index is 0.138. The van der Waals surface area contributed by atoms with Gasteiger partial charge < -0.3 is 19.6 Å². The van der Waals surface area contributed by atoms with Gasteiger partial charge in [-0.1, -0.05) is 76.2 Å². The van der Waals surface area contributed by atoms with Crippen molar-refractivity contribution in [3.05, 3.63) is 106 Å². The Morgan fingerprint density at radius 2 is 1.09 bits per heavy atom. The summed E-state index contributed by atoms with van der Waals surface area (Å²) in [6.45, 7) is 22.1. The lowest BCUT2D eigenvalue weighted by atomic mass is 9.86. The van der Waals surface area contributed by atoms with Gasteiger partial charge in [0.2, 0.25) is 11.8 Å². The third-order valence-corrected chi connectivity index (χ3v) is 11.7. The summed E-state index contributed by atoms with van der Waals surface area (Å²) in [5, 5.41) is 17.0. The quantitative estimate of drug-likeness (QED) is 0.188. The molecule has 1 spiro atoms. The highest BCUT2D eigenvalue weighted by molar-refractivity contribution is 5.80. The number of likely N-dealkylation sites (tertiary alicyclic amines) is 1. The molecule has 55 heavy (non-hydrogen) atoms. The lowest BCUT2D eigenvalue weighted by Gasteiger charge is -2.45. The van der Waals surface area contributed by atoms with Gasteiger partial charge in [0.15, 0.2) is 11.6 Å². The number of nitrogens with zero attached hydrogens (tertiary/aromatic N) is 8. The Morgan fingerprint density at radius 3 is 1.56 bits per heavy atom. The van der Waals surface area contributed by atoms with E-state index in [0.29, 0.717) is 24.7 Å². The third-order valence-electron chi connectivity index (χ3n) is 11.7. The molecule has 2 amide bonds. The molecule has 0 saturated carbocycles. The Labute approximate surface area is 328 Å². The van der Waals surface area contributed by atoms with E-state index in [-0.39, 0.29) is 29.3 Å². The predicted octanol–water partition coefficient (Wildman–Crippen LogP) is 7.16. The second-order valence-electron chi connectivity index (χ2n) is 16.9. The average molecular weight is 745 g/mol. The summed E-state index contributed by atoms with van der Waals surface area (Å²) in [7, 11) is 0.